The van der Waals surface area contributed by atoms with Crippen LogP contribution < -0.4 is 0 Å². The molecule has 0 aliphatic carbocycles. The van der Waals surface area contributed by atoms with Gasteiger partial charge in [-0.3, -0.25) is 4.79 Å². The van der Waals surface area contributed by atoms with Crippen LogP contribution in [0.1, 0.15) is 12.0 Å². The first-order valence-electron chi connectivity index (χ1n) is 6.47. The van der Waals surface area contributed by atoms with Crippen LogP contribution in [-0.2, 0) is 20.7 Å². The van der Waals surface area contributed by atoms with Crippen molar-refractivity contribution >= 4 is 11.9 Å². The number of amides is 1. The number of morpholine rings is 1. The normalized spacial score (nSPS) is 18.8. The van der Waals surface area contributed by atoms with Gasteiger partial charge in [0, 0.05) is 13.0 Å². The Kier molecular flexibility index (Phi) is 4.57. The Morgan fingerprint density at radius 2 is 2.10 bits per heavy atom. The fraction of sp³-hybridized carbons (Fsp3) is 0.429. The van der Waals surface area contributed by atoms with Crippen LogP contribution in [0.3, 0.4) is 0 Å². The number of carbonyl (C=O) groups is 2. The number of hydrogen-bond donors (Lipinski definition) is 2. The number of benzene rings is 1. The molecule has 0 saturated carbocycles. The number of rotatable bonds is 4. The smallest absolute Gasteiger partial charge is 0.334 e. The second kappa shape index (κ2) is 6.38. The van der Waals surface area contributed by atoms with Gasteiger partial charge in [-0.2, -0.15) is 0 Å². The summed E-state index contributed by atoms with van der Waals surface area (Å²) in [7, 11) is 0. The number of phenols is 1. The zero-order valence-corrected chi connectivity index (χ0v) is 11.0. The average molecular weight is 279 g/mol. The van der Waals surface area contributed by atoms with Crippen LogP contribution in [0.5, 0.6) is 5.75 Å². The van der Waals surface area contributed by atoms with Gasteiger partial charge in [0.05, 0.1) is 13.2 Å². The van der Waals surface area contributed by atoms with E-state index < -0.39 is 12.1 Å². The first-order valence-corrected chi connectivity index (χ1v) is 6.47. The standard InChI is InChI=1S/C14H17NO5/c16-11-4-2-1-3-10(11)5-6-13(17)15-7-8-20-12(9-15)14(18)19/h1-4,12,16H,5-9H2,(H,18,19). The molecule has 1 saturated heterocycles. The van der Waals surface area contributed by atoms with Crippen molar-refractivity contribution in [3.05, 3.63) is 29.8 Å². The summed E-state index contributed by atoms with van der Waals surface area (Å²) < 4.78 is 5.07. The summed E-state index contributed by atoms with van der Waals surface area (Å²) in [4.78, 5) is 24.4. The molecule has 2 N–H and O–H groups in total. The van der Waals surface area contributed by atoms with Gasteiger partial charge in [0.15, 0.2) is 6.10 Å². The summed E-state index contributed by atoms with van der Waals surface area (Å²) in [6.07, 6.45) is -0.275. The topological polar surface area (TPSA) is 87.1 Å². The van der Waals surface area contributed by atoms with E-state index in [1.807, 2.05) is 0 Å². The molecule has 1 fully saturated rings. The first kappa shape index (κ1) is 14.3. The van der Waals surface area contributed by atoms with Gasteiger partial charge in [-0.15, -0.1) is 0 Å². The number of ether oxygens (including phenoxy) is 1. The summed E-state index contributed by atoms with van der Waals surface area (Å²) in [5, 5.41) is 18.5. The maximum Gasteiger partial charge on any atom is 0.334 e. The lowest BCUT2D eigenvalue weighted by atomic mass is 10.1. The lowest BCUT2D eigenvalue weighted by Gasteiger charge is -2.31. The monoisotopic (exact) mass is 279 g/mol. The number of carbonyl (C=O) groups excluding carboxylic acids is 1. The van der Waals surface area contributed by atoms with E-state index in [1.54, 1.807) is 24.3 Å². The minimum atomic E-state index is -1.05. The summed E-state index contributed by atoms with van der Waals surface area (Å²) in [5.41, 5.74) is 0.712. The summed E-state index contributed by atoms with van der Waals surface area (Å²) in [6, 6.07) is 6.87. The Hall–Kier alpha value is -2.08. The van der Waals surface area contributed by atoms with E-state index in [2.05, 4.69) is 0 Å². The van der Waals surface area contributed by atoms with Crippen LogP contribution in [0, 0.1) is 0 Å². The molecule has 20 heavy (non-hydrogen) atoms. The van der Waals surface area contributed by atoms with Gasteiger partial charge in [0.25, 0.3) is 0 Å². The van der Waals surface area contributed by atoms with E-state index in [0.29, 0.717) is 18.5 Å². The van der Waals surface area contributed by atoms with Gasteiger partial charge < -0.3 is 19.8 Å². The number of para-hydroxylation sites is 1. The van der Waals surface area contributed by atoms with Crippen LogP contribution in [0.25, 0.3) is 0 Å². The highest BCUT2D eigenvalue weighted by Crippen LogP contribution is 2.18. The van der Waals surface area contributed by atoms with Gasteiger partial charge in [-0.1, -0.05) is 18.2 Å². The van der Waals surface area contributed by atoms with Crippen molar-refractivity contribution < 1.29 is 24.5 Å². The van der Waals surface area contributed by atoms with Crippen molar-refractivity contribution in [1.82, 2.24) is 4.90 Å². The molecule has 2 rings (SSSR count). The van der Waals surface area contributed by atoms with Crippen LogP contribution in [0.4, 0.5) is 0 Å². The van der Waals surface area contributed by atoms with Crippen molar-refractivity contribution in [2.45, 2.75) is 18.9 Å². The Morgan fingerprint density at radius 1 is 1.35 bits per heavy atom. The van der Waals surface area contributed by atoms with Gasteiger partial charge >= 0.3 is 5.97 Å². The van der Waals surface area contributed by atoms with E-state index in [-0.39, 0.29) is 31.2 Å². The SMILES string of the molecule is O=C(O)C1CN(C(=O)CCc2ccccc2O)CCO1. The Bertz CT molecular complexity index is 502. The molecular weight excluding hydrogens is 262 g/mol. The molecule has 1 aliphatic rings. The lowest BCUT2D eigenvalue weighted by Crippen LogP contribution is -2.48. The van der Waals surface area contributed by atoms with Crippen molar-refractivity contribution in [3.63, 3.8) is 0 Å². The molecule has 0 radical (unpaired) electrons. The second-order valence-electron chi connectivity index (χ2n) is 4.67. The Balaban J connectivity index is 1.89. The zero-order chi connectivity index (χ0) is 14.5. The number of carboxylic acids is 1. The zero-order valence-electron chi connectivity index (χ0n) is 11.0. The van der Waals surface area contributed by atoms with Crippen LogP contribution in [0.15, 0.2) is 24.3 Å². The molecule has 1 aromatic carbocycles. The predicted octanol–water partition coefficient (Wildman–Crippen LogP) is 0.637. The fourth-order valence-corrected chi connectivity index (χ4v) is 2.15. The van der Waals surface area contributed by atoms with Crippen molar-refractivity contribution in [2.24, 2.45) is 0 Å². The van der Waals surface area contributed by atoms with Gasteiger partial charge in [0.2, 0.25) is 5.91 Å². The molecule has 0 aromatic heterocycles. The number of aryl methyl sites for hydroxylation is 1. The second-order valence-corrected chi connectivity index (χ2v) is 4.67. The minimum absolute atomic E-state index is 0.0783. The molecule has 6 heteroatoms. The molecule has 1 amide bonds. The third-order valence-electron chi connectivity index (χ3n) is 3.29. The molecule has 1 heterocycles. The quantitative estimate of drug-likeness (QED) is 0.844. The van der Waals surface area contributed by atoms with Gasteiger partial charge in [-0.05, 0) is 18.1 Å². The highest BCUT2D eigenvalue weighted by atomic mass is 16.5. The van der Waals surface area contributed by atoms with Crippen LogP contribution in [0.2, 0.25) is 0 Å². The Morgan fingerprint density at radius 3 is 2.80 bits per heavy atom. The van der Waals surface area contributed by atoms with E-state index in [4.69, 9.17) is 9.84 Å². The van der Waals surface area contributed by atoms with Crippen molar-refractivity contribution in [3.8, 4) is 5.75 Å². The van der Waals surface area contributed by atoms with E-state index in [0.717, 1.165) is 0 Å². The number of hydrogen-bond acceptors (Lipinski definition) is 4. The molecular formula is C14H17NO5. The number of aliphatic carboxylic acids is 1. The highest BCUT2D eigenvalue weighted by molar-refractivity contribution is 5.79. The number of carboxylic acid groups (broad SMARTS) is 1. The van der Waals surface area contributed by atoms with Crippen LogP contribution in [-0.4, -0.2) is 52.8 Å². The summed E-state index contributed by atoms with van der Waals surface area (Å²) in [5.74, 6) is -1.00. The number of phenolic OH excluding ortho intramolecular Hbond substituents is 1. The molecule has 1 aliphatic heterocycles. The molecule has 6 nitrogen and oxygen atoms in total. The van der Waals surface area contributed by atoms with E-state index in [9.17, 15) is 14.7 Å². The summed E-state index contributed by atoms with van der Waals surface area (Å²) >= 11 is 0. The molecule has 1 unspecified atom stereocenters. The molecule has 0 spiro atoms. The molecule has 0 bridgehead atoms. The number of nitrogens with zero attached hydrogens (tertiary/aromatic N) is 1. The van der Waals surface area contributed by atoms with E-state index in [1.165, 1.54) is 4.90 Å². The Labute approximate surface area is 116 Å². The van der Waals surface area contributed by atoms with Crippen molar-refractivity contribution in [2.75, 3.05) is 19.7 Å². The third-order valence-corrected chi connectivity index (χ3v) is 3.29. The van der Waals surface area contributed by atoms with Crippen molar-refractivity contribution in [1.29, 1.82) is 0 Å². The van der Waals surface area contributed by atoms with Gasteiger partial charge in [-0.25, -0.2) is 4.79 Å². The van der Waals surface area contributed by atoms with Crippen LogP contribution >= 0.6 is 0 Å². The number of aromatic hydroxyl groups is 1. The maximum atomic E-state index is 12.0. The predicted molar refractivity (Wildman–Crippen MR) is 70.4 cm³/mol. The minimum Gasteiger partial charge on any atom is -0.508 e. The average Bonchev–Trinajstić information content (AvgIpc) is 2.46. The largest absolute Gasteiger partial charge is 0.508 e. The van der Waals surface area contributed by atoms with E-state index >= 15 is 0 Å². The fourth-order valence-electron chi connectivity index (χ4n) is 2.15. The van der Waals surface area contributed by atoms with Gasteiger partial charge in [0.1, 0.15) is 5.75 Å². The summed E-state index contributed by atoms with van der Waals surface area (Å²) in [6.45, 7) is 0.720. The third kappa shape index (κ3) is 3.48. The molecule has 108 valence electrons. The molecule has 1 aromatic rings. The highest BCUT2D eigenvalue weighted by Gasteiger charge is 2.28. The first-order chi connectivity index (χ1) is 9.58. The maximum absolute atomic E-state index is 12.0. The lowest BCUT2D eigenvalue weighted by molar-refractivity contribution is -0.159. The molecule has 1 atom stereocenters.